The Morgan fingerprint density at radius 2 is 1.53 bits per heavy atom. The Balaban J connectivity index is 1.78. The standard InChI is InChI=1S/C26H35ClFNO/c1-18(2)24-15-26(16-25(30-24)19(3)4,21-7-11-23(28)12-8-21)13-14-29-17-20-5-9-22(27)10-6-20/h5-12,18-19,24-25,29H,13-17H2,1-4H3/t24-,25+,26?. The summed E-state index contributed by atoms with van der Waals surface area (Å²) in [5.41, 5.74) is 2.45. The van der Waals surface area contributed by atoms with Crippen LogP contribution in [0.15, 0.2) is 48.5 Å². The van der Waals surface area contributed by atoms with Crippen LogP contribution in [0.3, 0.4) is 0 Å². The largest absolute Gasteiger partial charge is 0.374 e. The van der Waals surface area contributed by atoms with Gasteiger partial charge in [0.15, 0.2) is 0 Å². The summed E-state index contributed by atoms with van der Waals surface area (Å²) in [6.07, 6.45) is 3.38. The van der Waals surface area contributed by atoms with Crippen LogP contribution in [0.25, 0.3) is 0 Å². The van der Waals surface area contributed by atoms with Crippen molar-refractivity contribution < 1.29 is 9.13 Å². The van der Waals surface area contributed by atoms with E-state index in [9.17, 15) is 4.39 Å². The van der Waals surface area contributed by atoms with Gasteiger partial charge in [0.1, 0.15) is 5.82 Å². The average Bonchev–Trinajstić information content (AvgIpc) is 2.72. The predicted octanol–water partition coefficient (Wildman–Crippen LogP) is 6.76. The Kier molecular flexibility index (Phi) is 7.95. The van der Waals surface area contributed by atoms with E-state index < -0.39 is 0 Å². The molecule has 1 aliphatic heterocycles. The van der Waals surface area contributed by atoms with Gasteiger partial charge in [-0.05, 0) is 73.0 Å². The molecule has 2 aromatic carbocycles. The average molecular weight is 432 g/mol. The van der Waals surface area contributed by atoms with Crippen LogP contribution in [0.2, 0.25) is 5.02 Å². The van der Waals surface area contributed by atoms with Gasteiger partial charge in [0.05, 0.1) is 12.2 Å². The van der Waals surface area contributed by atoms with E-state index in [-0.39, 0.29) is 23.4 Å². The van der Waals surface area contributed by atoms with E-state index in [1.165, 1.54) is 11.1 Å². The van der Waals surface area contributed by atoms with Crippen LogP contribution in [0.5, 0.6) is 0 Å². The first-order valence-electron chi connectivity index (χ1n) is 11.2. The molecule has 3 atom stereocenters. The maximum Gasteiger partial charge on any atom is 0.123 e. The van der Waals surface area contributed by atoms with Gasteiger partial charge in [0, 0.05) is 17.0 Å². The molecule has 0 amide bonds. The summed E-state index contributed by atoms with van der Waals surface area (Å²) < 4.78 is 20.2. The maximum atomic E-state index is 13.7. The van der Waals surface area contributed by atoms with Crippen molar-refractivity contribution in [1.82, 2.24) is 5.32 Å². The lowest BCUT2D eigenvalue weighted by molar-refractivity contribution is -0.118. The molecular weight excluding hydrogens is 397 g/mol. The molecule has 0 saturated carbocycles. The monoisotopic (exact) mass is 431 g/mol. The van der Waals surface area contributed by atoms with Gasteiger partial charge in [-0.2, -0.15) is 0 Å². The molecule has 0 aliphatic carbocycles. The van der Waals surface area contributed by atoms with Crippen molar-refractivity contribution in [2.75, 3.05) is 6.54 Å². The first kappa shape index (κ1) is 23.2. The van der Waals surface area contributed by atoms with Crippen LogP contribution in [0.4, 0.5) is 4.39 Å². The molecular formula is C26H35ClFNO. The molecule has 2 nitrogen and oxygen atoms in total. The van der Waals surface area contributed by atoms with E-state index in [2.05, 4.69) is 45.1 Å². The number of ether oxygens (including phenoxy) is 1. The predicted molar refractivity (Wildman–Crippen MR) is 123 cm³/mol. The first-order chi connectivity index (χ1) is 14.3. The van der Waals surface area contributed by atoms with E-state index in [1.54, 1.807) is 12.1 Å². The smallest absolute Gasteiger partial charge is 0.123 e. The maximum absolute atomic E-state index is 13.7. The van der Waals surface area contributed by atoms with Crippen molar-refractivity contribution in [2.24, 2.45) is 11.8 Å². The third-order valence-electron chi connectivity index (χ3n) is 6.50. The highest BCUT2D eigenvalue weighted by atomic mass is 35.5. The molecule has 0 aromatic heterocycles. The minimum Gasteiger partial charge on any atom is -0.374 e. The van der Waals surface area contributed by atoms with Crippen LogP contribution in [-0.4, -0.2) is 18.8 Å². The van der Waals surface area contributed by atoms with Crippen LogP contribution in [0, 0.1) is 17.7 Å². The lowest BCUT2D eigenvalue weighted by atomic mass is 9.66. The zero-order valence-electron chi connectivity index (χ0n) is 18.6. The van der Waals surface area contributed by atoms with Crippen molar-refractivity contribution in [3.63, 3.8) is 0 Å². The molecule has 1 N–H and O–H groups in total. The molecule has 1 fully saturated rings. The van der Waals surface area contributed by atoms with Crippen molar-refractivity contribution in [3.8, 4) is 0 Å². The number of halogens is 2. The van der Waals surface area contributed by atoms with Gasteiger partial charge < -0.3 is 10.1 Å². The Hall–Kier alpha value is -1.42. The molecule has 0 spiro atoms. The van der Waals surface area contributed by atoms with Crippen molar-refractivity contribution >= 4 is 11.6 Å². The molecule has 3 rings (SSSR count). The van der Waals surface area contributed by atoms with Gasteiger partial charge in [-0.25, -0.2) is 4.39 Å². The molecule has 164 valence electrons. The highest BCUT2D eigenvalue weighted by molar-refractivity contribution is 6.30. The van der Waals surface area contributed by atoms with E-state index >= 15 is 0 Å². The van der Waals surface area contributed by atoms with Crippen molar-refractivity contribution in [3.05, 3.63) is 70.5 Å². The normalized spacial score (nSPS) is 24.5. The van der Waals surface area contributed by atoms with Crippen LogP contribution < -0.4 is 5.32 Å². The Morgan fingerprint density at radius 1 is 0.967 bits per heavy atom. The van der Waals surface area contributed by atoms with Gasteiger partial charge in [-0.15, -0.1) is 0 Å². The molecule has 1 saturated heterocycles. The van der Waals surface area contributed by atoms with Crippen LogP contribution in [-0.2, 0) is 16.7 Å². The van der Waals surface area contributed by atoms with Crippen molar-refractivity contribution in [2.45, 2.75) is 71.1 Å². The molecule has 1 unspecified atom stereocenters. The number of hydrogen-bond donors (Lipinski definition) is 1. The molecule has 2 aromatic rings. The van der Waals surface area contributed by atoms with E-state index in [1.807, 2.05) is 24.3 Å². The van der Waals surface area contributed by atoms with Crippen molar-refractivity contribution in [1.29, 1.82) is 0 Å². The molecule has 30 heavy (non-hydrogen) atoms. The second-order valence-corrected chi connectivity index (χ2v) is 9.89. The minimum atomic E-state index is -0.178. The molecule has 4 heteroatoms. The fourth-order valence-electron chi connectivity index (χ4n) is 4.51. The van der Waals surface area contributed by atoms with E-state index in [4.69, 9.17) is 16.3 Å². The summed E-state index contributed by atoms with van der Waals surface area (Å²) in [6, 6.07) is 15.1. The summed E-state index contributed by atoms with van der Waals surface area (Å²) in [6.45, 7) is 10.7. The van der Waals surface area contributed by atoms with Gasteiger partial charge in [-0.3, -0.25) is 0 Å². The zero-order chi connectivity index (χ0) is 21.7. The Labute approximate surface area is 186 Å². The fourth-order valence-corrected chi connectivity index (χ4v) is 4.64. The number of rotatable bonds is 8. The van der Waals surface area contributed by atoms with Gasteiger partial charge >= 0.3 is 0 Å². The summed E-state index contributed by atoms with van der Waals surface area (Å²) in [5, 5.41) is 4.36. The Bertz CT molecular complexity index is 772. The Morgan fingerprint density at radius 3 is 2.07 bits per heavy atom. The van der Waals surface area contributed by atoms with E-state index in [0.717, 1.165) is 37.4 Å². The second-order valence-electron chi connectivity index (χ2n) is 9.45. The second kappa shape index (κ2) is 10.3. The lowest BCUT2D eigenvalue weighted by Crippen LogP contribution is -2.48. The summed E-state index contributed by atoms with van der Waals surface area (Å²) in [5.74, 6) is 0.726. The summed E-state index contributed by atoms with van der Waals surface area (Å²) in [4.78, 5) is 0. The van der Waals surface area contributed by atoms with Gasteiger partial charge in [0.2, 0.25) is 0 Å². The van der Waals surface area contributed by atoms with Gasteiger partial charge in [0.25, 0.3) is 0 Å². The third-order valence-corrected chi connectivity index (χ3v) is 6.75. The molecule has 1 aliphatic rings. The molecule has 0 bridgehead atoms. The SMILES string of the molecule is CC(C)[C@@H]1CC(CCNCc2ccc(Cl)cc2)(c2ccc(F)cc2)C[C@H](C(C)C)O1. The van der Waals surface area contributed by atoms with Crippen LogP contribution in [0.1, 0.15) is 58.1 Å². The lowest BCUT2D eigenvalue weighted by Gasteiger charge is -2.48. The fraction of sp³-hybridized carbons (Fsp3) is 0.538. The third kappa shape index (κ3) is 5.84. The minimum absolute atomic E-state index is 0.0111. The van der Waals surface area contributed by atoms with Gasteiger partial charge in [-0.1, -0.05) is 63.6 Å². The molecule has 0 radical (unpaired) electrons. The highest BCUT2D eigenvalue weighted by Crippen LogP contribution is 2.45. The highest BCUT2D eigenvalue weighted by Gasteiger charge is 2.43. The quantitative estimate of drug-likeness (QED) is 0.466. The zero-order valence-corrected chi connectivity index (χ0v) is 19.4. The summed E-state index contributed by atoms with van der Waals surface area (Å²) in [7, 11) is 0. The summed E-state index contributed by atoms with van der Waals surface area (Å²) >= 11 is 5.99. The topological polar surface area (TPSA) is 21.3 Å². The number of nitrogens with one attached hydrogen (secondary N) is 1. The van der Waals surface area contributed by atoms with E-state index in [0.29, 0.717) is 11.8 Å². The number of benzene rings is 2. The number of hydrogen-bond acceptors (Lipinski definition) is 2. The first-order valence-corrected chi connectivity index (χ1v) is 11.5. The van der Waals surface area contributed by atoms with Crippen LogP contribution >= 0.6 is 11.6 Å². The molecule has 1 heterocycles.